The number of pyridine rings is 1. The molecule has 0 aliphatic carbocycles. The SMILES string of the molecule is CC(=O)Nc1ccc(CC(=O)OCc2cccc3cccnc23)cc1. The van der Waals surface area contributed by atoms with Gasteiger partial charge in [0.2, 0.25) is 5.91 Å². The summed E-state index contributed by atoms with van der Waals surface area (Å²) in [6, 6.07) is 16.8. The van der Waals surface area contributed by atoms with Gasteiger partial charge in [0.25, 0.3) is 0 Å². The molecule has 3 aromatic rings. The molecule has 5 heteroatoms. The monoisotopic (exact) mass is 334 g/mol. The van der Waals surface area contributed by atoms with Crippen LogP contribution in [0.25, 0.3) is 10.9 Å². The highest BCUT2D eigenvalue weighted by atomic mass is 16.5. The second kappa shape index (κ2) is 7.57. The first-order chi connectivity index (χ1) is 12.1. The van der Waals surface area contributed by atoms with Crippen LogP contribution in [0, 0.1) is 0 Å². The number of para-hydroxylation sites is 1. The lowest BCUT2D eigenvalue weighted by Gasteiger charge is -2.08. The van der Waals surface area contributed by atoms with E-state index in [1.807, 2.05) is 30.3 Å². The second-order valence-electron chi connectivity index (χ2n) is 5.71. The lowest BCUT2D eigenvalue weighted by molar-refractivity contribution is -0.144. The average Bonchev–Trinajstić information content (AvgIpc) is 2.61. The minimum absolute atomic E-state index is 0.129. The summed E-state index contributed by atoms with van der Waals surface area (Å²) in [6.45, 7) is 1.64. The third-order valence-electron chi connectivity index (χ3n) is 3.73. The number of nitrogens with one attached hydrogen (secondary N) is 1. The van der Waals surface area contributed by atoms with Gasteiger partial charge in [0.05, 0.1) is 11.9 Å². The van der Waals surface area contributed by atoms with E-state index in [1.165, 1.54) is 6.92 Å². The first-order valence-electron chi connectivity index (χ1n) is 7.96. The Hall–Kier alpha value is -3.21. The lowest BCUT2D eigenvalue weighted by atomic mass is 10.1. The minimum atomic E-state index is -0.305. The molecule has 25 heavy (non-hydrogen) atoms. The Morgan fingerprint density at radius 2 is 1.80 bits per heavy atom. The molecule has 2 aromatic carbocycles. The Labute approximate surface area is 145 Å². The normalized spacial score (nSPS) is 10.4. The topological polar surface area (TPSA) is 68.3 Å². The van der Waals surface area contributed by atoms with Crippen LogP contribution in [0.1, 0.15) is 18.1 Å². The van der Waals surface area contributed by atoms with E-state index in [2.05, 4.69) is 10.3 Å². The summed E-state index contributed by atoms with van der Waals surface area (Å²) in [6.07, 6.45) is 1.91. The molecule has 0 aliphatic rings. The number of carbonyl (C=O) groups is 2. The highest BCUT2D eigenvalue weighted by Gasteiger charge is 2.08. The molecule has 1 N–H and O–H groups in total. The van der Waals surface area contributed by atoms with Crippen LogP contribution in [0.4, 0.5) is 5.69 Å². The van der Waals surface area contributed by atoms with Crippen molar-refractivity contribution >= 4 is 28.5 Å². The zero-order chi connectivity index (χ0) is 17.6. The van der Waals surface area contributed by atoms with Crippen LogP contribution in [-0.2, 0) is 27.4 Å². The number of esters is 1. The quantitative estimate of drug-likeness (QED) is 0.725. The number of carbonyl (C=O) groups excluding carboxylic acids is 2. The van der Waals surface area contributed by atoms with Gasteiger partial charge in [-0.1, -0.05) is 36.4 Å². The third kappa shape index (κ3) is 4.41. The van der Waals surface area contributed by atoms with Crippen molar-refractivity contribution in [3.05, 3.63) is 71.9 Å². The molecule has 0 fully saturated rings. The molecular weight excluding hydrogens is 316 g/mol. The van der Waals surface area contributed by atoms with Crippen LogP contribution in [0.2, 0.25) is 0 Å². The fourth-order valence-electron chi connectivity index (χ4n) is 2.57. The number of rotatable bonds is 5. The number of nitrogens with zero attached hydrogens (tertiary/aromatic N) is 1. The maximum atomic E-state index is 12.1. The molecule has 0 saturated carbocycles. The Morgan fingerprint density at radius 3 is 2.56 bits per heavy atom. The number of anilines is 1. The molecule has 1 amide bonds. The predicted octanol–water partition coefficient (Wildman–Crippen LogP) is 3.48. The molecular formula is C20H18N2O3. The van der Waals surface area contributed by atoms with E-state index in [9.17, 15) is 9.59 Å². The van der Waals surface area contributed by atoms with E-state index in [4.69, 9.17) is 4.74 Å². The predicted molar refractivity (Wildman–Crippen MR) is 96.0 cm³/mol. The molecule has 1 aromatic heterocycles. The Kier molecular flexibility index (Phi) is 5.04. The summed E-state index contributed by atoms with van der Waals surface area (Å²) in [5.41, 5.74) is 3.26. The fourth-order valence-corrected chi connectivity index (χ4v) is 2.57. The maximum Gasteiger partial charge on any atom is 0.310 e. The smallest absolute Gasteiger partial charge is 0.310 e. The largest absolute Gasteiger partial charge is 0.460 e. The Morgan fingerprint density at radius 1 is 1.04 bits per heavy atom. The van der Waals surface area contributed by atoms with E-state index in [1.54, 1.807) is 30.5 Å². The van der Waals surface area contributed by atoms with E-state index in [0.717, 1.165) is 22.0 Å². The standard InChI is InChI=1S/C20H18N2O3/c1-14(23)22-18-9-7-15(8-10-18)12-19(24)25-13-17-5-2-4-16-6-3-11-21-20(16)17/h2-11H,12-13H2,1H3,(H,22,23). The van der Waals surface area contributed by atoms with Gasteiger partial charge in [-0.2, -0.15) is 0 Å². The van der Waals surface area contributed by atoms with Gasteiger partial charge in [0.15, 0.2) is 0 Å². The van der Waals surface area contributed by atoms with Crippen molar-refractivity contribution in [3.8, 4) is 0 Å². The number of aromatic nitrogens is 1. The zero-order valence-corrected chi connectivity index (χ0v) is 13.9. The number of ether oxygens (including phenoxy) is 1. The third-order valence-corrected chi connectivity index (χ3v) is 3.73. The van der Waals surface area contributed by atoms with Gasteiger partial charge in [0.1, 0.15) is 6.61 Å². The molecule has 0 aliphatic heterocycles. The van der Waals surface area contributed by atoms with Crippen molar-refractivity contribution in [1.29, 1.82) is 0 Å². The molecule has 5 nitrogen and oxygen atoms in total. The van der Waals surface area contributed by atoms with Gasteiger partial charge in [-0.25, -0.2) is 0 Å². The van der Waals surface area contributed by atoms with E-state index in [0.29, 0.717) is 5.69 Å². The number of benzene rings is 2. The molecule has 0 atom stereocenters. The number of fused-ring (bicyclic) bond motifs is 1. The van der Waals surface area contributed by atoms with Crippen molar-refractivity contribution in [2.24, 2.45) is 0 Å². The average molecular weight is 334 g/mol. The summed E-state index contributed by atoms with van der Waals surface area (Å²) in [5.74, 6) is -0.434. The number of hydrogen-bond donors (Lipinski definition) is 1. The summed E-state index contributed by atoms with van der Waals surface area (Å²) in [4.78, 5) is 27.4. The van der Waals surface area contributed by atoms with Crippen molar-refractivity contribution in [3.63, 3.8) is 0 Å². The molecule has 3 rings (SSSR count). The molecule has 0 spiro atoms. The van der Waals surface area contributed by atoms with Crippen LogP contribution in [0.3, 0.4) is 0 Å². The van der Waals surface area contributed by atoms with E-state index >= 15 is 0 Å². The maximum absolute atomic E-state index is 12.1. The highest BCUT2D eigenvalue weighted by molar-refractivity contribution is 5.88. The molecule has 0 radical (unpaired) electrons. The van der Waals surface area contributed by atoms with Crippen LogP contribution in [-0.4, -0.2) is 16.9 Å². The second-order valence-corrected chi connectivity index (χ2v) is 5.71. The van der Waals surface area contributed by atoms with Crippen molar-refractivity contribution < 1.29 is 14.3 Å². The fraction of sp³-hybridized carbons (Fsp3) is 0.150. The molecule has 0 unspecified atom stereocenters. The van der Waals surface area contributed by atoms with Crippen LogP contribution in [0.5, 0.6) is 0 Å². The summed E-state index contributed by atoms with van der Waals surface area (Å²) in [5, 5.41) is 3.71. The van der Waals surface area contributed by atoms with Gasteiger partial charge in [-0.05, 0) is 23.8 Å². The van der Waals surface area contributed by atoms with Gasteiger partial charge in [-0.15, -0.1) is 0 Å². The van der Waals surface area contributed by atoms with Crippen LogP contribution >= 0.6 is 0 Å². The summed E-state index contributed by atoms with van der Waals surface area (Å²) < 4.78 is 5.39. The Balaban J connectivity index is 1.60. The first kappa shape index (κ1) is 16.6. The van der Waals surface area contributed by atoms with Crippen LogP contribution < -0.4 is 5.32 Å². The summed E-state index contributed by atoms with van der Waals surface area (Å²) in [7, 11) is 0. The van der Waals surface area contributed by atoms with Crippen LogP contribution in [0.15, 0.2) is 60.8 Å². The number of hydrogen-bond acceptors (Lipinski definition) is 4. The van der Waals surface area contributed by atoms with Gasteiger partial charge < -0.3 is 10.1 Å². The van der Waals surface area contributed by atoms with Gasteiger partial charge >= 0.3 is 5.97 Å². The van der Waals surface area contributed by atoms with Crippen molar-refractivity contribution in [1.82, 2.24) is 4.98 Å². The van der Waals surface area contributed by atoms with Gasteiger partial charge in [-0.3, -0.25) is 14.6 Å². The Bertz CT molecular complexity index is 899. The molecule has 126 valence electrons. The minimum Gasteiger partial charge on any atom is -0.460 e. The molecule has 0 bridgehead atoms. The lowest BCUT2D eigenvalue weighted by Crippen LogP contribution is -2.09. The van der Waals surface area contributed by atoms with Crippen molar-refractivity contribution in [2.45, 2.75) is 20.0 Å². The zero-order valence-electron chi connectivity index (χ0n) is 13.9. The first-order valence-corrected chi connectivity index (χ1v) is 7.96. The van der Waals surface area contributed by atoms with E-state index < -0.39 is 0 Å². The molecule has 1 heterocycles. The van der Waals surface area contributed by atoms with Crippen molar-refractivity contribution in [2.75, 3.05) is 5.32 Å². The summed E-state index contributed by atoms with van der Waals surface area (Å²) >= 11 is 0. The van der Waals surface area contributed by atoms with E-state index in [-0.39, 0.29) is 24.9 Å². The van der Waals surface area contributed by atoms with Gasteiger partial charge in [0, 0.05) is 29.8 Å². The highest BCUT2D eigenvalue weighted by Crippen LogP contribution is 2.17. The molecule has 0 saturated heterocycles. The number of amides is 1.